The van der Waals surface area contributed by atoms with Crippen molar-refractivity contribution in [3.05, 3.63) is 59.7 Å². The number of carbonyl (C=O) groups is 1. The molecule has 0 saturated carbocycles. The van der Waals surface area contributed by atoms with Gasteiger partial charge in [-0.1, -0.05) is 30.9 Å². The number of hydrogen-bond donors (Lipinski definition) is 2. The number of rotatable bonds is 7. The number of hydrogen-bond acceptors (Lipinski definition) is 3. The third kappa shape index (κ3) is 3.60. The summed E-state index contributed by atoms with van der Waals surface area (Å²) in [6.07, 6.45) is 6.33. The monoisotopic (exact) mass is 312 g/mol. The van der Waals surface area contributed by atoms with Crippen molar-refractivity contribution < 1.29 is 9.53 Å². The van der Waals surface area contributed by atoms with Gasteiger partial charge in [0.25, 0.3) is 0 Å². The zero-order valence-electron chi connectivity index (χ0n) is 13.8. The lowest BCUT2D eigenvalue weighted by Gasteiger charge is -2.14. The van der Waals surface area contributed by atoms with Crippen LogP contribution in [0.3, 0.4) is 0 Å². The molecule has 0 aliphatic heterocycles. The number of benzene rings is 1. The van der Waals surface area contributed by atoms with Gasteiger partial charge in [-0.25, -0.2) is 0 Å². The highest BCUT2D eigenvalue weighted by Crippen LogP contribution is 2.44. The summed E-state index contributed by atoms with van der Waals surface area (Å²) in [7, 11) is 1.70. The van der Waals surface area contributed by atoms with Gasteiger partial charge in [-0.05, 0) is 41.3 Å². The summed E-state index contributed by atoms with van der Waals surface area (Å²) in [5, 5.41) is 2.89. The maximum absolute atomic E-state index is 11.8. The predicted molar refractivity (Wildman–Crippen MR) is 95.3 cm³/mol. The molecule has 0 fully saturated rings. The zero-order chi connectivity index (χ0) is 16.8. The number of fused-ring (bicyclic) bond motifs is 1. The molecule has 122 valence electrons. The molecule has 0 heterocycles. The van der Waals surface area contributed by atoms with Crippen LogP contribution in [0.5, 0.6) is 0 Å². The van der Waals surface area contributed by atoms with Gasteiger partial charge in [-0.15, -0.1) is 0 Å². The first-order valence-electron chi connectivity index (χ1n) is 7.78. The second-order valence-electron chi connectivity index (χ2n) is 5.47. The topological polar surface area (TPSA) is 64.4 Å². The van der Waals surface area contributed by atoms with Gasteiger partial charge in [0.2, 0.25) is 5.91 Å². The Morgan fingerprint density at radius 2 is 2.26 bits per heavy atom. The van der Waals surface area contributed by atoms with E-state index in [9.17, 15) is 4.79 Å². The maximum Gasteiger partial charge on any atom is 0.225 e. The van der Waals surface area contributed by atoms with E-state index in [-0.39, 0.29) is 11.8 Å². The molecular formula is C19H24N2O2. The van der Waals surface area contributed by atoms with E-state index < -0.39 is 0 Å². The van der Waals surface area contributed by atoms with Crippen molar-refractivity contribution in [2.45, 2.75) is 19.3 Å². The van der Waals surface area contributed by atoms with Crippen molar-refractivity contribution in [2.24, 2.45) is 5.73 Å². The summed E-state index contributed by atoms with van der Waals surface area (Å²) in [6.45, 7) is 6.88. The molecule has 1 aliphatic rings. The smallest absolute Gasteiger partial charge is 0.225 e. The standard InChI is InChI=1S/C19H24N2O2/c1-4-6-15-14(5-2)18(12-23-3)17-11-13(7-8-16(15)17)21-19(22)9-10-20/h4-8,11,18H,2,9-10,12,20H2,1,3H3,(H,21,22)/b6-4-. The molecule has 1 aliphatic carbocycles. The molecule has 0 aromatic heterocycles. The van der Waals surface area contributed by atoms with Crippen LogP contribution in [-0.4, -0.2) is 26.2 Å². The highest BCUT2D eigenvalue weighted by Gasteiger charge is 2.28. The molecule has 1 aromatic rings. The second kappa shape index (κ2) is 7.90. The van der Waals surface area contributed by atoms with E-state index >= 15 is 0 Å². The Kier molecular flexibility index (Phi) is 5.90. The third-order valence-electron chi connectivity index (χ3n) is 3.95. The Hall–Kier alpha value is -2.17. The lowest BCUT2D eigenvalue weighted by Crippen LogP contribution is -2.16. The summed E-state index contributed by atoms with van der Waals surface area (Å²) in [6, 6.07) is 5.99. The van der Waals surface area contributed by atoms with Crippen LogP contribution in [0.25, 0.3) is 5.57 Å². The van der Waals surface area contributed by atoms with Crippen molar-refractivity contribution in [3.8, 4) is 0 Å². The highest BCUT2D eigenvalue weighted by molar-refractivity contribution is 5.93. The normalized spacial score (nSPS) is 16.7. The number of ether oxygens (including phenoxy) is 1. The SMILES string of the molecule is C=CC1=C(/C=C\C)c2ccc(NC(=O)CCN)cc2C1COC. The quantitative estimate of drug-likeness (QED) is 0.812. The molecule has 4 nitrogen and oxygen atoms in total. The Balaban J connectivity index is 2.41. The summed E-state index contributed by atoms with van der Waals surface area (Å²) in [5.74, 6) is 0.0596. The second-order valence-corrected chi connectivity index (χ2v) is 5.47. The van der Waals surface area contributed by atoms with Gasteiger partial charge in [0.05, 0.1) is 6.61 Å². The van der Waals surface area contributed by atoms with Crippen molar-refractivity contribution in [3.63, 3.8) is 0 Å². The predicted octanol–water partition coefficient (Wildman–Crippen LogP) is 3.23. The van der Waals surface area contributed by atoms with Crippen LogP contribution in [0.15, 0.2) is 48.6 Å². The van der Waals surface area contributed by atoms with Gasteiger partial charge in [-0.2, -0.15) is 0 Å². The molecule has 4 heteroatoms. The summed E-state index contributed by atoms with van der Waals surface area (Å²) in [4.78, 5) is 11.8. The highest BCUT2D eigenvalue weighted by atomic mass is 16.5. The number of amides is 1. The molecule has 1 atom stereocenters. The van der Waals surface area contributed by atoms with Gasteiger partial charge < -0.3 is 15.8 Å². The minimum absolute atomic E-state index is 0.0701. The average Bonchev–Trinajstić information content (AvgIpc) is 2.81. The first kappa shape index (κ1) is 17.2. The molecule has 23 heavy (non-hydrogen) atoms. The molecule has 2 rings (SSSR count). The largest absolute Gasteiger partial charge is 0.384 e. The van der Waals surface area contributed by atoms with Crippen LogP contribution < -0.4 is 11.1 Å². The van der Waals surface area contributed by atoms with Gasteiger partial charge >= 0.3 is 0 Å². The molecule has 0 radical (unpaired) electrons. The van der Waals surface area contributed by atoms with E-state index in [2.05, 4.69) is 18.0 Å². The molecule has 3 N–H and O–H groups in total. The minimum atomic E-state index is -0.0701. The Labute approximate surface area is 137 Å². The summed E-state index contributed by atoms with van der Waals surface area (Å²) >= 11 is 0. The number of nitrogens with one attached hydrogen (secondary N) is 1. The minimum Gasteiger partial charge on any atom is -0.384 e. The van der Waals surface area contributed by atoms with Crippen molar-refractivity contribution in [1.82, 2.24) is 0 Å². The van der Waals surface area contributed by atoms with Gasteiger partial charge in [0.1, 0.15) is 0 Å². The van der Waals surface area contributed by atoms with E-state index in [1.54, 1.807) is 7.11 Å². The van der Waals surface area contributed by atoms with Crippen LogP contribution in [-0.2, 0) is 9.53 Å². The number of nitrogens with two attached hydrogens (primary N) is 1. The van der Waals surface area contributed by atoms with E-state index in [0.29, 0.717) is 19.6 Å². The first-order valence-corrected chi connectivity index (χ1v) is 7.78. The number of carbonyl (C=O) groups excluding carboxylic acids is 1. The lowest BCUT2D eigenvalue weighted by atomic mass is 9.96. The lowest BCUT2D eigenvalue weighted by molar-refractivity contribution is -0.116. The third-order valence-corrected chi connectivity index (χ3v) is 3.95. The number of allylic oxidation sites excluding steroid dienone is 4. The number of methoxy groups -OCH3 is 1. The molecule has 1 amide bonds. The molecular weight excluding hydrogens is 288 g/mol. The fraction of sp³-hybridized carbons (Fsp3) is 0.316. The molecule has 0 spiro atoms. The van der Waals surface area contributed by atoms with Crippen molar-refractivity contribution in [2.75, 3.05) is 25.6 Å². The Morgan fingerprint density at radius 1 is 1.48 bits per heavy atom. The van der Waals surface area contributed by atoms with Crippen LogP contribution in [0.4, 0.5) is 5.69 Å². The van der Waals surface area contributed by atoms with Gasteiger partial charge in [0.15, 0.2) is 0 Å². The van der Waals surface area contributed by atoms with Crippen molar-refractivity contribution >= 4 is 17.2 Å². The molecule has 1 aromatic carbocycles. The zero-order valence-corrected chi connectivity index (χ0v) is 13.8. The Bertz CT molecular complexity index is 659. The van der Waals surface area contributed by atoms with Crippen LogP contribution in [0, 0.1) is 0 Å². The maximum atomic E-state index is 11.8. The van der Waals surface area contributed by atoms with E-state index in [1.165, 1.54) is 5.57 Å². The van der Waals surface area contributed by atoms with E-state index in [0.717, 1.165) is 22.4 Å². The van der Waals surface area contributed by atoms with Crippen molar-refractivity contribution in [1.29, 1.82) is 0 Å². The summed E-state index contributed by atoms with van der Waals surface area (Å²) < 4.78 is 5.39. The fourth-order valence-electron chi connectivity index (χ4n) is 2.99. The van der Waals surface area contributed by atoms with Crippen LogP contribution in [0.2, 0.25) is 0 Å². The fourth-order valence-corrected chi connectivity index (χ4v) is 2.99. The first-order chi connectivity index (χ1) is 11.2. The van der Waals surface area contributed by atoms with Gasteiger partial charge in [-0.3, -0.25) is 4.79 Å². The molecule has 0 saturated heterocycles. The molecule has 0 bridgehead atoms. The van der Waals surface area contributed by atoms with Crippen LogP contribution >= 0.6 is 0 Å². The Morgan fingerprint density at radius 3 is 2.87 bits per heavy atom. The van der Waals surface area contributed by atoms with Crippen LogP contribution in [0.1, 0.15) is 30.4 Å². The van der Waals surface area contributed by atoms with E-state index in [4.69, 9.17) is 10.5 Å². The van der Waals surface area contributed by atoms with Gasteiger partial charge in [0, 0.05) is 31.7 Å². The number of anilines is 1. The molecule has 1 unspecified atom stereocenters. The van der Waals surface area contributed by atoms with E-state index in [1.807, 2.05) is 37.3 Å². The average molecular weight is 312 g/mol. The summed E-state index contributed by atoms with van der Waals surface area (Å²) in [5.41, 5.74) is 10.8.